The summed E-state index contributed by atoms with van der Waals surface area (Å²) in [5.41, 5.74) is 10.5. The molecule has 1 aliphatic rings. The topological polar surface area (TPSA) is 54.3 Å². The molecular weight excluding hydrogens is 718 g/mol. The Hall–Kier alpha value is -7.27. The maximum atomic E-state index is 16.1. The van der Waals surface area contributed by atoms with Gasteiger partial charge in [0.1, 0.15) is 0 Å². The molecule has 11 rings (SSSR count). The first-order chi connectivity index (χ1) is 28.2. The maximum absolute atomic E-state index is 16.1. The normalized spacial score (nSPS) is 15.1. The quantitative estimate of drug-likeness (QED) is 0.158. The number of hydrogen-bond acceptors (Lipinski definition) is 3. The predicted octanol–water partition coefficient (Wildman–Crippen LogP) is 12.9. The summed E-state index contributed by atoms with van der Waals surface area (Å²) in [5.74, 6) is 0.625. The largest absolute Gasteiger partial charge is 0.301 e. The molecule has 10 aromatic rings. The minimum absolute atomic E-state index is 0.625. The minimum atomic E-state index is -3.48. The fourth-order valence-corrected chi connectivity index (χ4v) is 11.4. The zero-order valence-electron chi connectivity index (χ0n) is 30.7. The minimum Gasteiger partial charge on any atom is -0.278 e. The molecule has 2 aromatic heterocycles. The molecule has 0 amide bonds. The first-order valence-electron chi connectivity index (χ1n) is 19.0. The molecule has 270 valence electrons. The Bertz CT molecular complexity index is 3170. The van der Waals surface area contributed by atoms with E-state index in [-0.39, 0.29) is 0 Å². The summed E-state index contributed by atoms with van der Waals surface area (Å²) in [6.45, 7) is 0. The zero-order chi connectivity index (χ0) is 37.9. The first-order valence-corrected chi connectivity index (χ1v) is 20.7. The molecule has 1 atom stereocenters. The van der Waals surface area contributed by atoms with Gasteiger partial charge in [0, 0.05) is 33.1 Å². The zero-order valence-corrected chi connectivity index (χ0v) is 31.6. The molecular formula is C50H34N5OP. The molecule has 0 spiro atoms. The van der Waals surface area contributed by atoms with Gasteiger partial charge in [0.2, 0.25) is 5.95 Å². The Balaban J connectivity index is 1.11. The standard InChI is InChI=1S/C50H34N5OP/c56-57(40-23-11-4-12-24-40)54(38-19-7-2-8-20-38)47-32-30-37(34-48(47)55(57)39-21-9-3-10-22-39)36-29-31-46-43(33-36)41-25-14-16-28-45(41)53(46)50-51-44-27-15-13-26-42(44)49(52-50)35-17-5-1-6-18-35/h1-34H. The maximum Gasteiger partial charge on any atom is 0.301 e. The molecule has 6 nitrogen and oxygen atoms in total. The second-order valence-corrected chi connectivity index (χ2v) is 16.6. The van der Waals surface area contributed by atoms with Crippen molar-refractivity contribution in [3.63, 3.8) is 0 Å². The molecule has 0 bridgehead atoms. The summed E-state index contributed by atoms with van der Waals surface area (Å²) in [7, 11) is -3.48. The van der Waals surface area contributed by atoms with E-state index >= 15 is 4.57 Å². The third kappa shape index (κ3) is 5.22. The van der Waals surface area contributed by atoms with E-state index in [0.29, 0.717) is 5.95 Å². The summed E-state index contributed by atoms with van der Waals surface area (Å²) in [6.07, 6.45) is 0. The van der Waals surface area contributed by atoms with Gasteiger partial charge in [-0.05, 0) is 83.9 Å². The monoisotopic (exact) mass is 751 g/mol. The van der Waals surface area contributed by atoms with Gasteiger partial charge in [-0.25, -0.2) is 9.97 Å². The van der Waals surface area contributed by atoms with Crippen molar-refractivity contribution in [3.05, 3.63) is 206 Å². The van der Waals surface area contributed by atoms with Gasteiger partial charge in [-0.2, -0.15) is 0 Å². The summed E-state index contributed by atoms with van der Waals surface area (Å²) in [6, 6.07) is 70.1. The molecule has 8 aromatic carbocycles. The number of fused-ring (bicyclic) bond motifs is 5. The molecule has 1 aliphatic heterocycles. The van der Waals surface area contributed by atoms with Crippen LogP contribution in [0.25, 0.3) is 61.0 Å². The fraction of sp³-hybridized carbons (Fsp3) is 0. The Labute approximate surface area is 330 Å². The highest BCUT2D eigenvalue weighted by atomic mass is 31.2. The lowest BCUT2D eigenvalue weighted by Gasteiger charge is -2.33. The highest BCUT2D eigenvalue weighted by Gasteiger charge is 2.49. The fourth-order valence-electron chi connectivity index (χ4n) is 8.36. The molecule has 0 fully saturated rings. The van der Waals surface area contributed by atoms with Gasteiger partial charge in [0.25, 0.3) is 0 Å². The smallest absolute Gasteiger partial charge is 0.278 e. The van der Waals surface area contributed by atoms with E-state index in [1.54, 1.807) is 0 Å². The average molecular weight is 752 g/mol. The van der Waals surface area contributed by atoms with Crippen LogP contribution in [0.2, 0.25) is 0 Å². The summed E-state index contributed by atoms with van der Waals surface area (Å²) in [5, 5.41) is 3.99. The lowest BCUT2D eigenvalue weighted by molar-refractivity contribution is 0.582. The third-order valence-electron chi connectivity index (χ3n) is 10.9. The van der Waals surface area contributed by atoms with Crippen LogP contribution < -0.4 is 14.6 Å². The number of nitrogens with zero attached hydrogens (tertiary/aromatic N) is 5. The van der Waals surface area contributed by atoms with Crippen molar-refractivity contribution in [1.29, 1.82) is 0 Å². The van der Waals surface area contributed by atoms with E-state index in [4.69, 9.17) is 9.97 Å². The molecule has 7 heteroatoms. The van der Waals surface area contributed by atoms with E-state index in [1.807, 2.05) is 126 Å². The first kappa shape index (κ1) is 33.1. The van der Waals surface area contributed by atoms with Gasteiger partial charge in [-0.15, -0.1) is 0 Å². The van der Waals surface area contributed by atoms with E-state index in [0.717, 1.165) is 83.1 Å². The van der Waals surface area contributed by atoms with Gasteiger partial charge in [-0.3, -0.25) is 18.5 Å². The van der Waals surface area contributed by atoms with E-state index in [1.165, 1.54) is 0 Å². The highest BCUT2D eigenvalue weighted by molar-refractivity contribution is 7.76. The molecule has 0 N–H and O–H groups in total. The lowest BCUT2D eigenvalue weighted by atomic mass is 10.0. The van der Waals surface area contributed by atoms with Gasteiger partial charge in [0.05, 0.1) is 38.9 Å². The van der Waals surface area contributed by atoms with Gasteiger partial charge < -0.3 is 0 Å². The van der Waals surface area contributed by atoms with Crippen LogP contribution in [0.4, 0.5) is 22.7 Å². The van der Waals surface area contributed by atoms with Crippen molar-refractivity contribution in [2.24, 2.45) is 0 Å². The van der Waals surface area contributed by atoms with Crippen LogP contribution in [0, 0.1) is 0 Å². The summed E-state index contributed by atoms with van der Waals surface area (Å²) < 4.78 is 22.4. The van der Waals surface area contributed by atoms with E-state index in [9.17, 15) is 0 Å². The van der Waals surface area contributed by atoms with Crippen molar-refractivity contribution in [2.45, 2.75) is 0 Å². The second kappa shape index (κ2) is 13.2. The third-order valence-corrected chi connectivity index (χ3v) is 13.9. The van der Waals surface area contributed by atoms with Crippen LogP contribution in [0.1, 0.15) is 0 Å². The number of aromatic nitrogens is 3. The Morgan fingerprint density at radius 2 is 0.947 bits per heavy atom. The van der Waals surface area contributed by atoms with Crippen molar-refractivity contribution in [3.8, 4) is 28.3 Å². The summed E-state index contributed by atoms with van der Waals surface area (Å²) >= 11 is 0. The van der Waals surface area contributed by atoms with Crippen molar-refractivity contribution in [2.75, 3.05) is 9.34 Å². The van der Waals surface area contributed by atoms with Crippen LogP contribution in [0.5, 0.6) is 0 Å². The number of hydrogen-bond donors (Lipinski definition) is 0. The van der Waals surface area contributed by atoms with Crippen LogP contribution in [-0.2, 0) is 4.57 Å². The Kier molecular flexibility index (Phi) is 7.66. The van der Waals surface area contributed by atoms with Crippen LogP contribution >= 0.6 is 7.44 Å². The number of benzene rings is 8. The number of rotatable bonds is 6. The molecule has 57 heavy (non-hydrogen) atoms. The SMILES string of the molecule is O=P1(c2ccccc2)N(c2ccccc2)c2ccc(-c3ccc4c(c3)c3ccccc3n4-c3nc(-c4ccccc4)c4ccccc4n3)cc2N1c1ccccc1. The Morgan fingerprint density at radius 1 is 0.404 bits per heavy atom. The highest BCUT2D eigenvalue weighted by Crippen LogP contribution is 2.70. The van der Waals surface area contributed by atoms with Crippen molar-refractivity contribution in [1.82, 2.24) is 14.5 Å². The van der Waals surface area contributed by atoms with E-state index < -0.39 is 7.44 Å². The molecule has 0 saturated heterocycles. The molecule has 0 aliphatic carbocycles. The molecule has 0 radical (unpaired) electrons. The second-order valence-electron chi connectivity index (χ2n) is 14.2. The predicted molar refractivity (Wildman–Crippen MR) is 236 cm³/mol. The van der Waals surface area contributed by atoms with Crippen LogP contribution in [-0.4, -0.2) is 14.5 Å². The van der Waals surface area contributed by atoms with Gasteiger partial charge >= 0.3 is 7.44 Å². The van der Waals surface area contributed by atoms with Crippen LogP contribution in [0.3, 0.4) is 0 Å². The van der Waals surface area contributed by atoms with Crippen LogP contribution in [0.15, 0.2) is 206 Å². The molecule has 0 saturated carbocycles. The van der Waals surface area contributed by atoms with Gasteiger partial charge in [-0.1, -0.05) is 133 Å². The Morgan fingerprint density at radius 3 is 1.67 bits per heavy atom. The number of para-hydroxylation sites is 4. The van der Waals surface area contributed by atoms with Crippen molar-refractivity contribution < 1.29 is 4.57 Å². The van der Waals surface area contributed by atoms with Crippen molar-refractivity contribution >= 4 is 68.2 Å². The number of anilines is 4. The average Bonchev–Trinajstić information content (AvgIpc) is 3.76. The lowest BCUT2D eigenvalue weighted by Crippen LogP contribution is -2.26. The van der Waals surface area contributed by atoms with E-state index in [2.05, 4.69) is 94.2 Å². The molecule has 3 heterocycles. The summed E-state index contributed by atoms with van der Waals surface area (Å²) in [4.78, 5) is 10.4. The van der Waals surface area contributed by atoms with Gasteiger partial charge in [0.15, 0.2) is 0 Å². The molecule has 1 unspecified atom stereocenters.